The fourth-order valence-corrected chi connectivity index (χ4v) is 2.10. The molecule has 0 amide bonds. The van der Waals surface area contributed by atoms with Crippen molar-refractivity contribution in [1.29, 1.82) is 0 Å². The molecule has 1 aromatic carbocycles. The number of ether oxygens (including phenoxy) is 1. The van der Waals surface area contributed by atoms with E-state index in [0.717, 1.165) is 23.2 Å². The molecule has 0 saturated heterocycles. The summed E-state index contributed by atoms with van der Waals surface area (Å²) in [7, 11) is 0. The van der Waals surface area contributed by atoms with Crippen molar-refractivity contribution in [1.82, 2.24) is 9.97 Å². The van der Waals surface area contributed by atoms with Gasteiger partial charge in [-0.2, -0.15) is 0 Å². The molecule has 0 aliphatic rings. The van der Waals surface area contributed by atoms with Crippen LogP contribution in [0.5, 0.6) is 11.5 Å². The lowest BCUT2D eigenvalue weighted by Gasteiger charge is -2.12. The summed E-state index contributed by atoms with van der Waals surface area (Å²) in [5, 5.41) is 9.76. The Labute approximate surface area is 124 Å². The van der Waals surface area contributed by atoms with Crippen LogP contribution in [-0.2, 0) is 6.42 Å². The summed E-state index contributed by atoms with van der Waals surface area (Å²) in [6.45, 7) is 6.30. The van der Waals surface area contributed by atoms with Crippen LogP contribution in [0.15, 0.2) is 18.2 Å². The van der Waals surface area contributed by atoms with Gasteiger partial charge in [0.25, 0.3) is 0 Å². The lowest BCUT2D eigenvalue weighted by atomic mass is 10.1. The molecule has 0 atom stereocenters. The zero-order valence-electron chi connectivity index (χ0n) is 12.5. The third-order valence-corrected chi connectivity index (χ3v) is 3.24. The first-order valence-corrected chi connectivity index (χ1v) is 6.91. The van der Waals surface area contributed by atoms with Crippen molar-refractivity contribution in [3.05, 3.63) is 29.5 Å². The fraction of sp³-hybridized carbons (Fsp3) is 0.333. The summed E-state index contributed by atoms with van der Waals surface area (Å²) >= 11 is 0. The van der Waals surface area contributed by atoms with E-state index < -0.39 is 0 Å². The number of nitrogens with one attached hydrogen (secondary N) is 1. The highest BCUT2D eigenvalue weighted by Gasteiger charge is 2.12. The first-order chi connectivity index (χ1) is 10.1. The first kappa shape index (κ1) is 15.1. The van der Waals surface area contributed by atoms with Crippen LogP contribution < -0.4 is 16.0 Å². The van der Waals surface area contributed by atoms with Crippen LogP contribution in [0.1, 0.15) is 25.1 Å². The smallest absolute Gasteiger partial charge is 0.161 e. The average molecular weight is 288 g/mol. The van der Waals surface area contributed by atoms with Gasteiger partial charge in [0.05, 0.1) is 6.61 Å². The Balaban J connectivity index is 2.53. The Bertz CT molecular complexity index is 619. The SMILES string of the molecule is CCOc1cc(-c2nc(CC)c(C)c(NN)n2)ccc1O. The highest BCUT2D eigenvalue weighted by Crippen LogP contribution is 2.31. The first-order valence-electron chi connectivity index (χ1n) is 6.91. The van der Waals surface area contributed by atoms with Gasteiger partial charge in [0.2, 0.25) is 0 Å². The molecule has 2 rings (SSSR count). The van der Waals surface area contributed by atoms with Gasteiger partial charge in [-0.05, 0) is 38.5 Å². The number of aryl methyl sites for hydroxylation is 1. The number of phenols is 1. The van der Waals surface area contributed by atoms with Crippen LogP contribution in [0.4, 0.5) is 5.82 Å². The Morgan fingerprint density at radius 3 is 2.67 bits per heavy atom. The zero-order chi connectivity index (χ0) is 15.4. The van der Waals surface area contributed by atoms with Crippen LogP contribution in [-0.4, -0.2) is 21.7 Å². The number of hydrogen-bond donors (Lipinski definition) is 3. The summed E-state index contributed by atoms with van der Waals surface area (Å²) < 4.78 is 5.39. The number of aromatic nitrogens is 2. The minimum atomic E-state index is 0.0978. The van der Waals surface area contributed by atoms with Crippen LogP contribution in [0, 0.1) is 6.92 Å². The number of nitrogens with two attached hydrogens (primary N) is 1. The quantitative estimate of drug-likeness (QED) is 0.578. The van der Waals surface area contributed by atoms with E-state index >= 15 is 0 Å². The molecule has 1 heterocycles. The van der Waals surface area contributed by atoms with Crippen molar-refractivity contribution in [3.8, 4) is 22.9 Å². The monoisotopic (exact) mass is 288 g/mol. The molecular weight excluding hydrogens is 268 g/mol. The van der Waals surface area contributed by atoms with Gasteiger partial charge in [0.15, 0.2) is 17.3 Å². The van der Waals surface area contributed by atoms with Crippen molar-refractivity contribution in [2.75, 3.05) is 12.0 Å². The van der Waals surface area contributed by atoms with E-state index in [9.17, 15) is 5.11 Å². The zero-order valence-corrected chi connectivity index (χ0v) is 12.5. The molecule has 6 nitrogen and oxygen atoms in total. The highest BCUT2D eigenvalue weighted by molar-refractivity contribution is 5.63. The molecule has 1 aromatic heterocycles. The largest absolute Gasteiger partial charge is 0.504 e. The number of rotatable bonds is 5. The summed E-state index contributed by atoms with van der Waals surface area (Å²) in [5.41, 5.74) is 5.23. The summed E-state index contributed by atoms with van der Waals surface area (Å²) in [6.07, 6.45) is 0.784. The summed E-state index contributed by atoms with van der Waals surface area (Å²) in [6, 6.07) is 5.05. The molecule has 0 bridgehead atoms. The van der Waals surface area contributed by atoms with Crippen molar-refractivity contribution in [3.63, 3.8) is 0 Å². The van der Waals surface area contributed by atoms with Gasteiger partial charge in [-0.3, -0.25) is 0 Å². The van der Waals surface area contributed by atoms with Gasteiger partial charge in [0.1, 0.15) is 5.82 Å². The van der Waals surface area contributed by atoms with Crippen molar-refractivity contribution >= 4 is 5.82 Å². The molecule has 4 N–H and O–H groups in total. The molecule has 0 spiro atoms. The highest BCUT2D eigenvalue weighted by atomic mass is 16.5. The van der Waals surface area contributed by atoms with Gasteiger partial charge in [0, 0.05) is 16.8 Å². The van der Waals surface area contributed by atoms with E-state index in [0.29, 0.717) is 24.0 Å². The predicted molar refractivity (Wildman–Crippen MR) is 82.2 cm³/mol. The maximum atomic E-state index is 9.76. The second-order valence-corrected chi connectivity index (χ2v) is 4.58. The number of phenolic OH excluding ortho intramolecular Hbond substituents is 1. The number of nitrogens with zero attached hydrogens (tertiary/aromatic N) is 2. The van der Waals surface area contributed by atoms with Crippen molar-refractivity contribution in [2.45, 2.75) is 27.2 Å². The maximum Gasteiger partial charge on any atom is 0.161 e. The van der Waals surface area contributed by atoms with E-state index in [-0.39, 0.29) is 5.75 Å². The molecule has 112 valence electrons. The molecule has 0 saturated carbocycles. The number of benzene rings is 1. The Morgan fingerprint density at radius 1 is 1.29 bits per heavy atom. The topological polar surface area (TPSA) is 93.3 Å². The Kier molecular flexibility index (Phi) is 4.59. The van der Waals surface area contributed by atoms with Crippen LogP contribution in [0.2, 0.25) is 0 Å². The van der Waals surface area contributed by atoms with E-state index in [2.05, 4.69) is 15.4 Å². The fourth-order valence-electron chi connectivity index (χ4n) is 2.10. The molecule has 0 unspecified atom stereocenters. The number of anilines is 1. The van der Waals surface area contributed by atoms with E-state index in [1.54, 1.807) is 18.2 Å². The van der Waals surface area contributed by atoms with Gasteiger partial charge < -0.3 is 15.3 Å². The third-order valence-electron chi connectivity index (χ3n) is 3.24. The second kappa shape index (κ2) is 6.41. The predicted octanol–water partition coefficient (Wildman–Crippen LogP) is 2.40. The lowest BCUT2D eigenvalue weighted by Crippen LogP contribution is -2.13. The third kappa shape index (κ3) is 3.05. The standard InChI is InChI=1S/C15H20N4O2/c1-4-11-9(3)14(19-16)18-15(17-11)10-6-7-12(20)13(8-10)21-5-2/h6-8,20H,4-5,16H2,1-3H3,(H,17,18,19). The Morgan fingerprint density at radius 2 is 2.05 bits per heavy atom. The normalized spacial score (nSPS) is 10.5. The molecule has 21 heavy (non-hydrogen) atoms. The van der Waals surface area contributed by atoms with E-state index in [4.69, 9.17) is 10.6 Å². The minimum absolute atomic E-state index is 0.0978. The van der Waals surface area contributed by atoms with Gasteiger partial charge in [-0.1, -0.05) is 6.92 Å². The van der Waals surface area contributed by atoms with Gasteiger partial charge in [-0.15, -0.1) is 0 Å². The molecule has 0 fully saturated rings. The molecule has 0 aliphatic heterocycles. The van der Waals surface area contributed by atoms with Gasteiger partial charge >= 0.3 is 0 Å². The lowest BCUT2D eigenvalue weighted by molar-refractivity contribution is 0.318. The molecular formula is C15H20N4O2. The van der Waals surface area contributed by atoms with E-state index in [1.807, 2.05) is 20.8 Å². The molecule has 0 aliphatic carbocycles. The number of aromatic hydroxyl groups is 1. The number of hydrogen-bond acceptors (Lipinski definition) is 6. The molecule has 6 heteroatoms. The second-order valence-electron chi connectivity index (χ2n) is 4.58. The van der Waals surface area contributed by atoms with Crippen molar-refractivity contribution in [2.24, 2.45) is 5.84 Å². The Hall–Kier alpha value is -2.34. The van der Waals surface area contributed by atoms with Crippen LogP contribution >= 0.6 is 0 Å². The molecule has 0 radical (unpaired) electrons. The summed E-state index contributed by atoms with van der Waals surface area (Å²) in [4.78, 5) is 8.97. The maximum absolute atomic E-state index is 9.76. The average Bonchev–Trinajstić information content (AvgIpc) is 2.50. The van der Waals surface area contributed by atoms with Crippen molar-refractivity contribution < 1.29 is 9.84 Å². The van der Waals surface area contributed by atoms with Crippen LogP contribution in [0.3, 0.4) is 0 Å². The van der Waals surface area contributed by atoms with Gasteiger partial charge in [-0.25, -0.2) is 15.8 Å². The van der Waals surface area contributed by atoms with Crippen LogP contribution in [0.25, 0.3) is 11.4 Å². The number of hydrazine groups is 1. The minimum Gasteiger partial charge on any atom is -0.504 e. The summed E-state index contributed by atoms with van der Waals surface area (Å²) in [5.74, 6) is 7.18. The molecule has 2 aromatic rings. The van der Waals surface area contributed by atoms with E-state index in [1.165, 1.54) is 0 Å². The number of nitrogen functional groups attached to an aromatic ring is 1.